The van der Waals surface area contributed by atoms with E-state index in [4.69, 9.17) is 5.73 Å². The van der Waals surface area contributed by atoms with Crippen molar-refractivity contribution in [2.24, 2.45) is 5.41 Å². The second-order valence-corrected chi connectivity index (χ2v) is 5.57. The summed E-state index contributed by atoms with van der Waals surface area (Å²) >= 11 is 1.71. The fraction of sp³-hybridized carbons (Fsp3) is 0.667. The van der Waals surface area contributed by atoms with Crippen LogP contribution in [0.4, 0.5) is 5.82 Å². The van der Waals surface area contributed by atoms with Crippen molar-refractivity contribution in [1.29, 1.82) is 0 Å². The third-order valence-electron chi connectivity index (χ3n) is 1.56. The van der Waals surface area contributed by atoms with Crippen LogP contribution in [-0.2, 0) is 6.42 Å². The van der Waals surface area contributed by atoms with Crippen LogP contribution in [-0.4, -0.2) is 4.98 Å². The van der Waals surface area contributed by atoms with E-state index in [1.165, 1.54) is 0 Å². The lowest BCUT2D eigenvalue weighted by atomic mass is 9.93. The molecule has 0 fully saturated rings. The zero-order valence-corrected chi connectivity index (χ0v) is 8.96. The molecule has 2 nitrogen and oxygen atoms in total. The van der Waals surface area contributed by atoms with Gasteiger partial charge in [-0.05, 0) is 12.3 Å². The minimum absolute atomic E-state index is 0.302. The quantitative estimate of drug-likeness (QED) is 0.728. The molecule has 0 saturated carbocycles. The molecule has 0 atom stereocenters. The number of hydrogen-bond acceptors (Lipinski definition) is 3. The molecule has 68 valence electrons. The first-order chi connectivity index (χ1) is 5.38. The lowest BCUT2D eigenvalue weighted by Crippen LogP contribution is -2.08. The maximum absolute atomic E-state index is 5.66. The van der Waals surface area contributed by atoms with Crippen LogP contribution in [0.15, 0.2) is 0 Å². The molecule has 0 aliphatic rings. The fourth-order valence-corrected chi connectivity index (χ4v) is 2.15. The first kappa shape index (κ1) is 9.52. The highest BCUT2D eigenvalue weighted by Crippen LogP contribution is 2.26. The van der Waals surface area contributed by atoms with Crippen molar-refractivity contribution < 1.29 is 0 Å². The molecule has 1 rings (SSSR count). The fourth-order valence-electron chi connectivity index (χ4n) is 0.994. The van der Waals surface area contributed by atoms with Gasteiger partial charge in [-0.15, -0.1) is 11.3 Å². The Labute approximate surface area is 77.8 Å². The van der Waals surface area contributed by atoms with Gasteiger partial charge in [0, 0.05) is 11.3 Å². The standard InChI is InChI=1S/C9H16N2S/c1-6-8(10)11-7(12-6)5-9(2,3)4/h5,10H2,1-4H3. The van der Waals surface area contributed by atoms with Crippen LogP contribution in [0.25, 0.3) is 0 Å². The van der Waals surface area contributed by atoms with Crippen LogP contribution in [0.2, 0.25) is 0 Å². The zero-order chi connectivity index (χ0) is 9.35. The highest BCUT2D eigenvalue weighted by molar-refractivity contribution is 7.12. The number of aromatic nitrogens is 1. The molecule has 0 aliphatic carbocycles. The Balaban J connectivity index is 2.77. The number of hydrogen-bond donors (Lipinski definition) is 1. The summed E-state index contributed by atoms with van der Waals surface area (Å²) in [6, 6.07) is 0. The van der Waals surface area contributed by atoms with E-state index < -0.39 is 0 Å². The first-order valence-corrected chi connectivity index (χ1v) is 4.92. The smallest absolute Gasteiger partial charge is 0.137 e. The van der Waals surface area contributed by atoms with Crippen LogP contribution in [0.3, 0.4) is 0 Å². The van der Waals surface area contributed by atoms with E-state index >= 15 is 0 Å². The molecule has 1 aromatic heterocycles. The van der Waals surface area contributed by atoms with Gasteiger partial charge in [-0.3, -0.25) is 0 Å². The van der Waals surface area contributed by atoms with Gasteiger partial charge >= 0.3 is 0 Å². The number of nitrogens with zero attached hydrogens (tertiary/aromatic N) is 1. The van der Waals surface area contributed by atoms with E-state index in [0.717, 1.165) is 16.3 Å². The van der Waals surface area contributed by atoms with Gasteiger partial charge in [-0.25, -0.2) is 4.98 Å². The molecule has 3 heteroatoms. The second-order valence-electron chi connectivity index (χ2n) is 4.29. The molecule has 0 aliphatic heterocycles. The molecular weight excluding hydrogens is 168 g/mol. The van der Waals surface area contributed by atoms with Crippen molar-refractivity contribution in [3.63, 3.8) is 0 Å². The Morgan fingerprint density at radius 1 is 1.42 bits per heavy atom. The molecule has 0 amide bonds. The predicted molar refractivity (Wildman–Crippen MR) is 54.4 cm³/mol. The summed E-state index contributed by atoms with van der Waals surface area (Å²) < 4.78 is 0. The molecule has 0 radical (unpaired) electrons. The van der Waals surface area contributed by atoms with Crippen LogP contribution in [0, 0.1) is 12.3 Å². The third-order valence-corrected chi connectivity index (χ3v) is 2.54. The van der Waals surface area contributed by atoms with Gasteiger partial charge in [-0.2, -0.15) is 0 Å². The number of rotatable bonds is 1. The van der Waals surface area contributed by atoms with Crippen molar-refractivity contribution in [2.75, 3.05) is 5.73 Å². The first-order valence-electron chi connectivity index (χ1n) is 4.10. The maximum atomic E-state index is 5.66. The summed E-state index contributed by atoms with van der Waals surface area (Å²) in [5.41, 5.74) is 5.96. The summed E-state index contributed by atoms with van der Waals surface area (Å²) in [4.78, 5) is 5.43. The summed E-state index contributed by atoms with van der Waals surface area (Å²) in [7, 11) is 0. The highest BCUT2D eigenvalue weighted by atomic mass is 32.1. The Hall–Kier alpha value is -0.570. The monoisotopic (exact) mass is 184 g/mol. The molecule has 12 heavy (non-hydrogen) atoms. The van der Waals surface area contributed by atoms with E-state index in [-0.39, 0.29) is 0 Å². The Morgan fingerprint density at radius 2 is 2.00 bits per heavy atom. The van der Waals surface area contributed by atoms with Crippen molar-refractivity contribution >= 4 is 17.2 Å². The normalized spacial score (nSPS) is 12.0. The van der Waals surface area contributed by atoms with Gasteiger partial charge in [0.2, 0.25) is 0 Å². The van der Waals surface area contributed by atoms with Gasteiger partial charge in [-0.1, -0.05) is 20.8 Å². The van der Waals surface area contributed by atoms with Crippen molar-refractivity contribution in [1.82, 2.24) is 4.98 Å². The average Bonchev–Trinajstić information content (AvgIpc) is 2.07. The zero-order valence-electron chi connectivity index (χ0n) is 8.14. The maximum Gasteiger partial charge on any atom is 0.137 e. The molecule has 1 heterocycles. The second kappa shape index (κ2) is 3.05. The van der Waals surface area contributed by atoms with Gasteiger partial charge in [0.15, 0.2) is 0 Å². The number of aryl methyl sites for hydroxylation is 1. The molecule has 0 spiro atoms. The SMILES string of the molecule is Cc1sc(CC(C)(C)C)nc1N. The van der Waals surface area contributed by atoms with Gasteiger partial charge < -0.3 is 5.73 Å². The molecule has 1 aromatic rings. The Kier molecular flexibility index (Phi) is 2.42. The van der Waals surface area contributed by atoms with Crippen LogP contribution in [0.1, 0.15) is 30.7 Å². The predicted octanol–water partition coefficient (Wildman–Crippen LogP) is 2.62. The van der Waals surface area contributed by atoms with Gasteiger partial charge in [0.25, 0.3) is 0 Å². The topological polar surface area (TPSA) is 38.9 Å². The molecule has 2 N–H and O–H groups in total. The average molecular weight is 184 g/mol. The summed E-state index contributed by atoms with van der Waals surface area (Å²) in [6.07, 6.45) is 1.01. The summed E-state index contributed by atoms with van der Waals surface area (Å²) in [6.45, 7) is 8.64. The largest absolute Gasteiger partial charge is 0.383 e. The van der Waals surface area contributed by atoms with E-state index in [2.05, 4.69) is 25.8 Å². The van der Waals surface area contributed by atoms with E-state index in [1.807, 2.05) is 6.92 Å². The van der Waals surface area contributed by atoms with Crippen LogP contribution in [0.5, 0.6) is 0 Å². The summed E-state index contributed by atoms with van der Waals surface area (Å²) in [5, 5.41) is 1.15. The third kappa shape index (κ3) is 2.48. The van der Waals surface area contributed by atoms with Crippen molar-refractivity contribution in [2.45, 2.75) is 34.1 Å². The summed E-state index contributed by atoms with van der Waals surface area (Å²) in [5.74, 6) is 0.694. The molecule has 0 aromatic carbocycles. The molecular formula is C9H16N2S. The van der Waals surface area contributed by atoms with Gasteiger partial charge in [0.1, 0.15) is 5.82 Å². The molecule has 0 saturated heterocycles. The minimum atomic E-state index is 0.302. The van der Waals surface area contributed by atoms with E-state index in [0.29, 0.717) is 11.2 Å². The van der Waals surface area contributed by atoms with Gasteiger partial charge in [0.05, 0.1) is 5.01 Å². The Bertz CT molecular complexity index is 251. The van der Waals surface area contributed by atoms with E-state index in [1.54, 1.807) is 11.3 Å². The molecule has 0 bridgehead atoms. The van der Waals surface area contributed by atoms with Crippen LogP contribution >= 0.6 is 11.3 Å². The van der Waals surface area contributed by atoms with Crippen molar-refractivity contribution in [3.05, 3.63) is 9.88 Å². The highest BCUT2D eigenvalue weighted by Gasteiger charge is 2.14. The van der Waals surface area contributed by atoms with Crippen molar-refractivity contribution in [3.8, 4) is 0 Å². The lowest BCUT2D eigenvalue weighted by molar-refractivity contribution is 0.410. The number of nitrogen functional groups attached to an aromatic ring is 1. The van der Waals surface area contributed by atoms with E-state index in [9.17, 15) is 0 Å². The molecule has 0 unspecified atom stereocenters. The Morgan fingerprint density at radius 3 is 2.33 bits per heavy atom. The van der Waals surface area contributed by atoms with Crippen LogP contribution < -0.4 is 5.73 Å². The lowest BCUT2D eigenvalue weighted by Gasteiger charge is -2.15. The number of nitrogens with two attached hydrogens (primary N) is 1. The minimum Gasteiger partial charge on any atom is -0.383 e. The number of anilines is 1. The number of thiazole rings is 1.